The van der Waals surface area contributed by atoms with Crippen molar-refractivity contribution in [2.45, 2.75) is 58.1 Å². The molecule has 3 nitrogen and oxygen atoms in total. The van der Waals surface area contributed by atoms with E-state index in [9.17, 15) is 4.79 Å². The highest BCUT2D eigenvalue weighted by Gasteiger charge is 2.27. The Kier molecular flexibility index (Phi) is 4.13. The molecule has 1 amide bonds. The molecule has 0 bridgehead atoms. The lowest BCUT2D eigenvalue weighted by atomic mass is 9.88. The van der Waals surface area contributed by atoms with Crippen LogP contribution in [0.1, 0.15) is 53.9 Å². The Morgan fingerprint density at radius 3 is 3.10 bits per heavy atom. The number of amides is 1. The van der Waals surface area contributed by atoms with Gasteiger partial charge in [0.1, 0.15) is 0 Å². The summed E-state index contributed by atoms with van der Waals surface area (Å²) in [6.45, 7) is 5.17. The summed E-state index contributed by atoms with van der Waals surface area (Å²) in [4.78, 5) is 13.9. The Hall–Kier alpha value is -0.870. The van der Waals surface area contributed by atoms with Gasteiger partial charge >= 0.3 is 0 Å². The third-order valence-electron chi connectivity index (χ3n) is 4.53. The fraction of sp³-hybridized carbons (Fsp3) is 0.688. The molecule has 0 aromatic carbocycles. The van der Waals surface area contributed by atoms with Crippen LogP contribution in [0.2, 0.25) is 0 Å². The number of thiophene rings is 1. The van der Waals surface area contributed by atoms with E-state index < -0.39 is 0 Å². The summed E-state index contributed by atoms with van der Waals surface area (Å²) in [5.74, 6) is 0.836. The fourth-order valence-electron chi connectivity index (χ4n) is 3.24. The van der Waals surface area contributed by atoms with Gasteiger partial charge in [0.2, 0.25) is 0 Å². The van der Waals surface area contributed by atoms with Crippen LogP contribution in [-0.4, -0.2) is 24.7 Å². The van der Waals surface area contributed by atoms with Gasteiger partial charge in [-0.15, -0.1) is 11.3 Å². The first-order valence-electron chi connectivity index (χ1n) is 7.67. The molecule has 4 heteroatoms. The van der Waals surface area contributed by atoms with Gasteiger partial charge in [0.25, 0.3) is 5.91 Å². The van der Waals surface area contributed by atoms with Crippen molar-refractivity contribution in [2.75, 3.05) is 6.61 Å². The van der Waals surface area contributed by atoms with Crippen LogP contribution in [0.5, 0.6) is 0 Å². The van der Waals surface area contributed by atoms with Crippen LogP contribution in [0.15, 0.2) is 5.38 Å². The molecule has 3 rings (SSSR count). The molecule has 1 aliphatic heterocycles. The van der Waals surface area contributed by atoms with Crippen molar-refractivity contribution in [3.8, 4) is 0 Å². The van der Waals surface area contributed by atoms with E-state index in [2.05, 4.69) is 19.2 Å². The van der Waals surface area contributed by atoms with Gasteiger partial charge in [0.05, 0.1) is 17.7 Å². The van der Waals surface area contributed by atoms with Crippen LogP contribution >= 0.6 is 11.3 Å². The van der Waals surface area contributed by atoms with Gasteiger partial charge in [-0.25, -0.2) is 0 Å². The highest BCUT2D eigenvalue weighted by Crippen LogP contribution is 2.32. The van der Waals surface area contributed by atoms with E-state index >= 15 is 0 Å². The molecule has 20 heavy (non-hydrogen) atoms. The molecule has 0 unspecified atom stereocenters. The number of nitrogens with one attached hydrogen (secondary N) is 1. The summed E-state index contributed by atoms with van der Waals surface area (Å²) in [5.41, 5.74) is 2.20. The van der Waals surface area contributed by atoms with Gasteiger partial charge in [-0.2, -0.15) is 0 Å². The van der Waals surface area contributed by atoms with Crippen molar-refractivity contribution in [1.82, 2.24) is 5.32 Å². The summed E-state index contributed by atoms with van der Waals surface area (Å²) < 4.78 is 5.65. The molecule has 1 aromatic rings. The van der Waals surface area contributed by atoms with Gasteiger partial charge in [0.15, 0.2) is 0 Å². The first-order valence-corrected chi connectivity index (χ1v) is 8.55. The second-order valence-corrected chi connectivity index (χ2v) is 7.18. The highest BCUT2D eigenvalue weighted by molar-refractivity contribution is 7.10. The zero-order valence-electron chi connectivity index (χ0n) is 12.3. The molecule has 1 aromatic heterocycles. The van der Waals surface area contributed by atoms with Crippen molar-refractivity contribution in [1.29, 1.82) is 0 Å². The average molecular weight is 293 g/mol. The molecular weight excluding hydrogens is 270 g/mol. The molecule has 1 aliphatic carbocycles. The largest absolute Gasteiger partial charge is 0.376 e. The monoisotopic (exact) mass is 293 g/mol. The summed E-state index contributed by atoms with van der Waals surface area (Å²) in [7, 11) is 0. The molecule has 1 saturated heterocycles. The average Bonchev–Trinajstić information content (AvgIpc) is 3.07. The summed E-state index contributed by atoms with van der Waals surface area (Å²) in [5, 5.41) is 5.17. The van der Waals surface area contributed by atoms with Crippen LogP contribution in [0.3, 0.4) is 0 Å². The van der Waals surface area contributed by atoms with E-state index in [-0.39, 0.29) is 18.1 Å². The number of fused-ring (bicyclic) bond motifs is 1. The van der Waals surface area contributed by atoms with Gasteiger partial charge in [-0.05, 0) is 50.5 Å². The van der Waals surface area contributed by atoms with Crippen molar-refractivity contribution in [2.24, 2.45) is 5.92 Å². The van der Waals surface area contributed by atoms with Crippen LogP contribution in [0.25, 0.3) is 0 Å². The minimum atomic E-state index is 0.0834. The van der Waals surface area contributed by atoms with Crippen LogP contribution < -0.4 is 5.32 Å². The summed E-state index contributed by atoms with van der Waals surface area (Å²) in [6, 6.07) is 0.100. The molecule has 110 valence electrons. The molecular formula is C16H23NO2S. The minimum absolute atomic E-state index is 0.0834. The zero-order chi connectivity index (χ0) is 14.1. The summed E-state index contributed by atoms with van der Waals surface area (Å²) in [6.07, 6.45) is 5.74. The number of ether oxygens (including phenoxy) is 1. The number of carbonyl (C=O) groups excluding carboxylic acids is 1. The lowest BCUT2D eigenvalue weighted by Gasteiger charge is -2.22. The fourth-order valence-corrected chi connectivity index (χ4v) is 4.49. The van der Waals surface area contributed by atoms with Crippen LogP contribution in [-0.2, 0) is 17.6 Å². The van der Waals surface area contributed by atoms with E-state index in [0.29, 0.717) is 0 Å². The molecule has 0 spiro atoms. The predicted octanol–water partition coefficient (Wildman–Crippen LogP) is 3.17. The number of rotatable bonds is 3. The number of hydrogen-bond donors (Lipinski definition) is 1. The molecule has 2 heterocycles. The number of carbonyl (C=O) groups is 1. The lowest BCUT2D eigenvalue weighted by Crippen LogP contribution is -2.41. The highest BCUT2D eigenvalue weighted by atomic mass is 32.1. The maximum Gasteiger partial charge on any atom is 0.252 e. The van der Waals surface area contributed by atoms with Crippen molar-refractivity contribution in [3.05, 3.63) is 21.4 Å². The normalized spacial score (nSPS) is 27.1. The quantitative estimate of drug-likeness (QED) is 0.929. The summed E-state index contributed by atoms with van der Waals surface area (Å²) >= 11 is 1.75. The standard InChI is InChI=1S/C16H23NO2S/c1-10-5-6-12-13(9-20-15(12)8-10)16(18)17-11(2)14-4-3-7-19-14/h9-11,14H,3-8H2,1-2H3,(H,17,18)/t10-,11+,14+/m1/s1. The molecule has 1 fully saturated rings. The predicted molar refractivity (Wildman–Crippen MR) is 81.4 cm³/mol. The zero-order valence-corrected chi connectivity index (χ0v) is 13.1. The van der Waals surface area contributed by atoms with E-state index in [1.54, 1.807) is 11.3 Å². The van der Waals surface area contributed by atoms with Gasteiger partial charge < -0.3 is 10.1 Å². The Bertz CT molecular complexity index is 491. The van der Waals surface area contributed by atoms with E-state index in [0.717, 1.165) is 43.8 Å². The van der Waals surface area contributed by atoms with E-state index in [1.807, 2.05) is 5.38 Å². The number of hydrogen-bond acceptors (Lipinski definition) is 3. The van der Waals surface area contributed by atoms with Crippen LogP contribution in [0.4, 0.5) is 0 Å². The van der Waals surface area contributed by atoms with Crippen molar-refractivity contribution in [3.63, 3.8) is 0 Å². The van der Waals surface area contributed by atoms with Gasteiger partial charge in [0, 0.05) is 16.9 Å². The maximum atomic E-state index is 12.5. The minimum Gasteiger partial charge on any atom is -0.376 e. The second-order valence-electron chi connectivity index (χ2n) is 6.21. The third kappa shape index (κ3) is 2.77. The Balaban J connectivity index is 1.68. The first-order chi connectivity index (χ1) is 9.65. The Morgan fingerprint density at radius 1 is 1.50 bits per heavy atom. The Morgan fingerprint density at radius 2 is 2.35 bits per heavy atom. The molecule has 0 saturated carbocycles. The molecule has 3 atom stereocenters. The lowest BCUT2D eigenvalue weighted by molar-refractivity contribution is 0.0712. The van der Waals surface area contributed by atoms with Gasteiger partial charge in [-0.3, -0.25) is 4.79 Å². The molecule has 1 N–H and O–H groups in total. The van der Waals surface area contributed by atoms with Crippen molar-refractivity contribution >= 4 is 17.2 Å². The topological polar surface area (TPSA) is 38.3 Å². The maximum absolute atomic E-state index is 12.5. The van der Waals surface area contributed by atoms with E-state index in [4.69, 9.17) is 4.74 Å². The van der Waals surface area contributed by atoms with Crippen molar-refractivity contribution < 1.29 is 9.53 Å². The molecule has 0 radical (unpaired) electrons. The second kappa shape index (κ2) is 5.86. The molecule has 2 aliphatic rings. The SMILES string of the molecule is C[C@@H]1CCc2c(C(=O)N[C@@H](C)[C@@H]3CCCO3)csc2C1. The van der Waals surface area contributed by atoms with Gasteiger partial charge in [-0.1, -0.05) is 6.92 Å². The first kappa shape index (κ1) is 14.1. The van der Waals surface area contributed by atoms with Crippen LogP contribution in [0, 0.1) is 5.92 Å². The smallest absolute Gasteiger partial charge is 0.252 e. The van der Waals surface area contributed by atoms with E-state index in [1.165, 1.54) is 16.9 Å². The Labute approximate surface area is 124 Å². The third-order valence-corrected chi connectivity index (χ3v) is 5.58.